The molecule has 0 radical (unpaired) electrons. The molecule has 28 heavy (non-hydrogen) atoms. The molecule has 0 spiro atoms. The number of hydrogen-bond donors (Lipinski definition) is 0. The molecule has 2 fully saturated rings. The summed E-state index contributed by atoms with van der Waals surface area (Å²) in [6, 6.07) is 4.54. The monoisotopic (exact) mass is 413 g/mol. The van der Waals surface area contributed by atoms with Crippen molar-refractivity contribution in [3.8, 4) is 5.75 Å². The minimum absolute atomic E-state index is 0.0888. The van der Waals surface area contributed by atoms with Crippen molar-refractivity contribution in [2.45, 2.75) is 51.9 Å². The number of halogens is 2. The first-order valence-electron chi connectivity index (χ1n) is 9.50. The molecule has 1 saturated heterocycles. The second kappa shape index (κ2) is 6.78. The lowest BCUT2D eigenvalue weighted by atomic mass is 9.57. The maximum absolute atomic E-state index is 13.3. The van der Waals surface area contributed by atoms with Gasteiger partial charge >= 0.3 is 6.61 Å². The van der Waals surface area contributed by atoms with Gasteiger partial charge in [-0.2, -0.15) is 13.1 Å². The molecule has 4 rings (SSSR count). The molecule has 1 aromatic carbocycles. The lowest BCUT2D eigenvalue weighted by Gasteiger charge is -2.57. The van der Waals surface area contributed by atoms with Crippen LogP contribution >= 0.6 is 0 Å². The highest BCUT2D eigenvalue weighted by Crippen LogP contribution is 2.55. The van der Waals surface area contributed by atoms with Crippen molar-refractivity contribution in [3.63, 3.8) is 0 Å². The summed E-state index contributed by atoms with van der Waals surface area (Å²) in [6.07, 6.45) is 3.47. The molecular weight excluding hydrogens is 388 g/mol. The molecule has 1 aliphatic heterocycles. The quantitative estimate of drug-likeness (QED) is 0.740. The van der Waals surface area contributed by atoms with Crippen LogP contribution in [0.4, 0.5) is 8.78 Å². The van der Waals surface area contributed by atoms with Crippen molar-refractivity contribution in [1.82, 2.24) is 4.31 Å². The van der Waals surface area contributed by atoms with E-state index in [1.807, 2.05) is 0 Å². The summed E-state index contributed by atoms with van der Waals surface area (Å²) >= 11 is 0. The first-order chi connectivity index (χ1) is 13.1. The van der Waals surface area contributed by atoms with Crippen molar-refractivity contribution in [1.29, 1.82) is 0 Å². The summed E-state index contributed by atoms with van der Waals surface area (Å²) in [7, 11) is -1.96. The van der Waals surface area contributed by atoms with E-state index in [1.165, 1.54) is 10.4 Å². The van der Waals surface area contributed by atoms with Crippen LogP contribution in [0, 0.1) is 11.3 Å². The van der Waals surface area contributed by atoms with Crippen LogP contribution in [-0.2, 0) is 21.2 Å². The minimum atomic E-state index is -3.62. The lowest BCUT2D eigenvalue weighted by molar-refractivity contribution is -0.131. The Morgan fingerprint density at radius 3 is 2.75 bits per heavy atom. The van der Waals surface area contributed by atoms with Crippen LogP contribution in [0.25, 0.3) is 6.08 Å². The number of ether oxygens (including phenoxy) is 2. The number of alkyl halides is 2. The van der Waals surface area contributed by atoms with Crippen LogP contribution < -0.4 is 4.74 Å². The van der Waals surface area contributed by atoms with Crippen LogP contribution in [0.2, 0.25) is 0 Å². The summed E-state index contributed by atoms with van der Waals surface area (Å²) in [5.74, 6) is 0.328. The minimum Gasteiger partial charge on any atom is -0.435 e. The second-order valence-electron chi connectivity index (χ2n) is 8.38. The van der Waals surface area contributed by atoms with Gasteiger partial charge < -0.3 is 9.47 Å². The molecule has 0 unspecified atom stereocenters. The van der Waals surface area contributed by atoms with Crippen molar-refractivity contribution in [3.05, 3.63) is 34.2 Å². The zero-order valence-electron chi connectivity index (χ0n) is 16.2. The summed E-state index contributed by atoms with van der Waals surface area (Å²) in [4.78, 5) is 0.364. The third kappa shape index (κ3) is 3.06. The third-order valence-electron chi connectivity index (χ3n) is 6.44. The Balaban J connectivity index is 1.59. The molecule has 8 heteroatoms. The van der Waals surface area contributed by atoms with E-state index in [4.69, 9.17) is 4.74 Å². The number of benzene rings is 1. The van der Waals surface area contributed by atoms with Gasteiger partial charge in [-0.15, -0.1) is 0 Å². The van der Waals surface area contributed by atoms with Gasteiger partial charge in [0.2, 0.25) is 10.0 Å². The maximum Gasteiger partial charge on any atom is 0.387 e. The largest absolute Gasteiger partial charge is 0.435 e. The number of fused-ring (bicyclic) bond motifs is 2. The van der Waals surface area contributed by atoms with Gasteiger partial charge in [-0.3, -0.25) is 0 Å². The molecule has 1 saturated carbocycles. The molecule has 5 nitrogen and oxygen atoms in total. The topological polar surface area (TPSA) is 55.8 Å². The van der Waals surface area contributed by atoms with Crippen molar-refractivity contribution in [2.75, 3.05) is 13.7 Å². The number of rotatable bonds is 5. The Kier molecular flexibility index (Phi) is 4.79. The van der Waals surface area contributed by atoms with Gasteiger partial charge in [-0.1, -0.05) is 19.9 Å². The fraction of sp³-hybridized carbons (Fsp3) is 0.600. The average molecular weight is 413 g/mol. The van der Waals surface area contributed by atoms with Crippen molar-refractivity contribution in [2.24, 2.45) is 11.3 Å². The standard InChI is InChI=1S/C20H25F2NO4S/c1-20(2)17(16-8-9-26-18(16)20)23(3)28(24,25)15-7-5-12-10-14(27-19(21)22)6-4-13(12)11-15/h4,6,10-11,16-19H,5,7-9H2,1-3H3/t16-,17-,18+/m1/s1. The van der Waals surface area contributed by atoms with E-state index >= 15 is 0 Å². The molecule has 154 valence electrons. The molecule has 0 amide bonds. The molecule has 0 aromatic heterocycles. The van der Waals surface area contributed by atoms with E-state index < -0.39 is 16.6 Å². The van der Waals surface area contributed by atoms with Gasteiger partial charge in [-0.05, 0) is 48.6 Å². The normalized spacial score (nSPS) is 28.5. The van der Waals surface area contributed by atoms with E-state index in [-0.39, 0.29) is 29.2 Å². The third-order valence-corrected chi connectivity index (χ3v) is 8.41. The maximum atomic E-state index is 13.3. The summed E-state index contributed by atoms with van der Waals surface area (Å²) in [5.41, 5.74) is 1.32. The molecule has 2 aliphatic carbocycles. The Morgan fingerprint density at radius 1 is 1.29 bits per heavy atom. The Hall–Kier alpha value is -1.51. The summed E-state index contributed by atoms with van der Waals surface area (Å²) < 4.78 is 63.2. The number of allylic oxidation sites excluding steroid dienone is 1. The summed E-state index contributed by atoms with van der Waals surface area (Å²) in [6.45, 7) is 1.93. The molecule has 0 N–H and O–H groups in total. The van der Waals surface area contributed by atoms with Crippen molar-refractivity contribution >= 4 is 16.1 Å². The van der Waals surface area contributed by atoms with Crippen LogP contribution in [0.3, 0.4) is 0 Å². The van der Waals surface area contributed by atoms with Crippen LogP contribution in [-0.4, -0.2) is 45.1 Å². The average Bonchev–Trinajstić information content (AvgIpc) is 3.07. The van der Waals surface area contributed by atoms with Gasteiger partial charge in [0.1, 0.15) is 5.75 Å². The fourth-order valence-corrected chi connectivity index (χ4v) is 6.93. The van der Waals surface area contributed by atoms with E-state index in [2.05, 4.69) is 18.6 Å². The Bertz CT molecular complexity index is 913. The fourth-order valence-electron chi connectivity index (χ4n) is 5.19. The molecule has 1 heterocycles. The number of sulfonamides is 1. The van der Waals surface area contributed by atoms with Gasteiger partial charge in [0.25, 0.3) is 0 Å². The van der Waals surface area contributed by atoms with E-state index in [9.17, 15) is 17.2 Å². The molecule has 3 atom stereocenters. The second-order valence-corrected chi connectivity index (χ2v) is 10.4. The predicted octanol–water partition coefficient (Wildman–Crippen LogP) is 3.65. The predicted molar refractivity (Wildman–Crippen MR) is 101 cm³/mol. The highest BCUT2D eigenvalue weighted by molar-refractivity contribution is 7.93. The lowest BCUT2D eigenvalue weighted by Crippen LogP contribution is -2.66. The van der Waals surface area contributed by atoms with Crippen molar-refractivity contribution < 1.29 is 26.7 Å². The number of aryl methyl sites for hydroxylation is 1. The first kappa shape index (κ1) is 19.8. The van der Waals surface area contributed by atoms with Gasteiger partial charge in [-0.25, -0.2) is 8.42 Å². The highest BCUT2D eigenvalue weighted by atomic mass is 32.2. The zero-order chi connectivity index (χ0) is 20.3. The summed E-state index contributed by atoms with van der Waals surface area (Å²) in [5, 5.41) is 0. The molecule has 0 bridgehead atoms. The molecule has 3 aliphatic rings. The number of hydrogen-bond acceptors (Lipinski definition) is 4. The first-order valence-corrected chi connectivity index (χ1v) is 10.9. The van der Waals surface area contributed by atoms with Crippen LogP contribution in [0.1, 0.15) is 37.8 Å². The zero-order valence-corrected chi connectivity index (χ0v) is 17.0. The SMILES string of the molecule is CN([C@@H]1[C@H]2CCO[C@@H]2C1(C)C)S(=O)(=O)C1=Cc2ccc(OC(F)F)cc2CC1. The van der Waals surface area contributed by atoms with Gasteiger partial charge in [0.15, 0.2) is 0 Å². The Labute approximate surface area is 164 Å². The highest BCUT2D eigenvalue weighted by Gasteiger charge is 2.62. The van der Waals surface area contributed by atoms with E-state index in [0.717, 1.165) is 17.5 Å². The Morgan fingerprint density at radius 2 is 2.04 bits per heavy atom. The number of nitrogens with zero attached hydrogens (tertiary/aromatic N) is 1. The van der Waals surface area contributed by atoms with Crippen LogP contribution in [0.15, 0.2) is 23.1 Å². The van der Waals surface area contributed by atoms with Gasteiger partial charge in [0, 0.05) is 31.0 Å². The molecule has 1 aromatic rings. The van der Waals surface area contributed by atoms with Gasteiger partial charge in [0.05, 0.1) is 11.0 Å². The van der Waals surface area contributed by atoms with E-state index in [0.29, 0.717) is 24.4 Å². The smallest absolute Gasteiger partial charge is 0.387 e. The van der Waals surface area contributed by atoms with Crippen LogP contribution in [0.5, 0.6) is 5.75 Å². The molecular formula is C20H25F2NO4S. The van der Waals surface area contributed by atoms with E-state index in [1.54, 1.807) is 25.3 Å².